The molecule has 2 amide bonds. The van der Waals surface area contributed by atoms with Gasteiger partial charge in [-0.1, -0.05) is 18.2 Å². The van der Waals surface area contributed by atoms with Crippen LogP contribution in [0.5, 0.6) is 0 Å². The Bertz CT molecular complexity index is 1360. The molecule has 1 fully saturated rings. The molecule has 1 aliphatic rings. The molecule has 36 heavy (non-hydrogen) atoms. The van der Waals surface area contributed by atoms with Gasteiger partial charge in [0.2, 0.25) is 5.91 Å². The second-order valence-corrected chi connectivity index (χ2v) is 11.7. The van der Waals surface area contributed by atoms with E-state index >= 15 is 0 Å². The highest BCUT2D eigenvalue weighted by atomic mass is 127. The lowest BCUT2D eigenvalue weighted by Gasteiger charge is -2.37. The van der Waals surface area contributed by atoms with E-state index in [4.69, 9.17) is 0 Å². The Morgan fingerprint density at radius 3 is 2.19 bits per heavy atom. The van der Waals surface area contributed by atoms with Crippen LogP contribution in [0.1, 0.15) is 10.4 Å². The van der Waals surface area contributed by atoms with Crippen molar-refractivity contribution in [3.05, 3.63) is 87.7 Å². The minimum atomic E-state index is -3.63. The average Bonchev–Trinajstić information content (AvgIpc) is 2.87. The number of sulfone groups is 1. The van der Waals surface area contributed by atoms with E-state index in [0.29, 0.717) is 43.1 Å². The van der Waals surface area contributed by atoms with Crippen LogP contribution in [-0.4, -0.2) is 64.1 Å². The van der Waals surface area contributed by atoms with Crippen LogP contribution in [0.2, 0.25) is 0 Å². The van der Waals surface area contributed by atoms with E-state index < -0.39 is 15.7 Å². The molecule has 1 saturated heterocycles. The van der Waals surface area contributed by atoms with Gasteiger partial charge in [-0.25, -0.2) is 12.8 Å². The maximum Gasteiger partial charge on any atom is 0.258 e. The normalized spacial score (nSPS) is 14.0. The predicted octanol–water partition coefficient (Wildman–Crippen LogP) is 3.83. The number of amides is 2. The summed E-state index contributed by atoms with van der Waals surface area (Å²) < 4.78 is 39.1. The van der Waals surface area contributed by atoms with E-state index in [1.807, 2.05) is 35.2 Å². The van der Waals surface area contributed by atoms with Crippen molar-refractivity contribution < 1.29 is 22.4 Å². The zero-order chi connectivity index (χ0) is 25.9. The monoisotopic (exact) mass is 621 g/mol. The average molecular weight is 621 g/mol. The molecule has 3 aromatic rings. The Balaban J connectivity index is 1.49. The van der Waals surface area contributed by atoms with Crippen molar-refractivity contribution >= 4 is 55.6 Å². The molecule has 0 atom stereocenters. The van der Waals surface area contributed by atoms with Crippen molar-refractivity contribution in [1.29, 1.82) is 0 Å². The molecule has 0 saturated carbocycles. The lowest BCUT2D eigenvalue weighted by molar-refractivity contribution is -0.129. The van der Waals surface area contributed by atoms with Crippen molar-refractivity contribution in [2.45, 2.75) is 4.90 Å². The third kappa shape index (κ3) is 6.04. The van der Waals surface area contributed by atoms with E-state index in [1.54, 1.807) is 29.2 Å². The minimum absolute atomic E-state index is 0.0688. The number of rotatable bonds is 6. The Labute approximate surface area is 223 Å². The van der Waals surface area contributed by atoms with Gasteiger partial charge < -0.3 is 9.80 Å². The summed E-state index contributed by atoms with van der Waals surface area (Å²) in [5.74, 6) is -1.10. The molecular weight excluding hydrogens is 596 g/mol. The van der Waals surface area contributed by atoms with Crippen LogP contribution in [0.15, 0.2) is 77.7 Å². The molecule has 1 heterocycles. The van der Waals surface area contributed by atoms with E-state index in [9.17, 15) is 22.4 Å². The fraction of sp³-hybridized carbons (Fsp3) is 0.231. The second kappa shape index (κ2) is 11.0. The van der Waals surface area contributed by atoms with Gasteiger partial charge in [0, 0.05) is 47.3 Å². The van der Waals surface area contributed by atoms with Crippen molar-refractivity contribution in [2.24, 2.45) is 0 Å². The molecule has 3 aromatic carbocycles. The fourth-order valence-corrected chi connectivity index (χ4v) is 5.38. The van der Waals surface area contributed by atoms with Gasteiger partial charge in [0.15, 0.2) is 9.84 Å². The van der Waals surface area contributed by atoms with E-state index in [-0.39, 0.29) is 23.3 Å². The van der Waals surface area contributed by atoms with Crippen LogP contribution in [0, 0.1) is 9.39 Å². The summed E-state index contributed by atoms with van der Waals surface area (Å²) in [5.41, 5.74) is 1.53. The molecule has 0 aromatic heterocycles. The van der Waals surface area contributed by atoms with Gasteiger partial charge in [-0.3, -0.25) is 14.5 Å². The number of nitrogens with zero attached hydrogens (tertiary/aromatic N) is 3. The van der Waals surface area contributed by atoms with Gasteiger partial charge in [0.05, 0.1) is 10.6 Å². The second-order valence-electron chi connectivity index (χ2n) is 8.49. The Morgan fingerprint density at radius 1 is 0.944 bits per heavy atom. The highest BCUT2D eigenvalue weighted by Gasteiger charge is 2.28. The van der Waals surface area contributed by atoms with Crippen LogP contribution in [0.25, 0.3) is 0 Å². The van der Waals surface area contributed by atoms with Crippen molar-refractivity contribution in [3.63, 3.8) is 0 Å². The third-order valence-electron chi connectivity index (χ3n) is 5.99. The summed E-state index contributed by atoms with van der Waals surface area (Å²) >= 11 is 2.17. The van der Waals surface area contributed by atoms with Crippen molar-refractivity contribution in [3.8, 4) is 0 Å². The number of benzene rings is 3. The number of carbonyl (C=O) groups excluding carboxylic acids is 2. The first-order chi connectivity index (χ1) is 17.1. The standard InChI is InChI=1S/C26H25FIN3O4S/c1-36(34,35)24-17-20(27)9-12-23(24)29-13-15-30(16-14-29)25(32)18-31(22-5-3-2-4-6-22)26(33)19-7-10-21(28)11-8-19/h2-12,17H,13-16,18H2,1H3. The van der Waals surface area contributed by atoms with Gasteiger partial charge in [-0.15, -0.1) is 0 Å². The zero-order valence-electron chi connectivity index (χ0n) is 19.6. The van der Waals surface area contributed by atoms with Gasteiger partial charge in [0.1, 0.15) is 12.4 Å². The van der Waals surface area contributed by atoms with E-state index in [0.717, 1.165) is 15.9 Å². The fourth-order valence-electron chi connectivity index (χ4n) is 4.11. The number of carbonyl (C=O) groups is 2. The molecule has 188 valence electrons. The number of halogens is 2. The first kappa shape index (κ1) is 26.1. The maximum absolute atomic E-state index is 13.7. The zero-order valence-corrected chi connectivity index (χ0v) is 22.6. The van der Waals surface area contributed by atoms with E-state index in [1.165, 1.54) is 17.0 Å². The molecular formula is C26H25FIN3O4S. The SMILES string of the molecule is CS(=O)(=O)c1cc(F)ccc1N1CCN(C(=O)CN(C(=O)c2ccc(I)cc2)c2ccccc2)CC1. The Morgan fingerprint density at radius 2 is 1.58 bits per heavy atom. The summed E-state index contributed by atoms with van der Waals surface area (Å²) in [5, 5.41) is 0. The predicted molar refractivity (Wildman–Crippen MR) is 146 cm³/mol. The quantitative estimate of drug-likeness (QED) is 0.392. The largest absolute Gasteiger partial charge is 0.367 e. The molecule has 0 unspecified atom stereocenters. The summed E-state index contributed by atoms with van der Waals surface area (Å²) in [6.45, 7) is 1.34. The number of anilines is 2. The molecule has 10 heteroatoms. The molecule has 0 spiro atoms. The summed E-state index contributed by atoms with van der Waals surface area (Å²) in [6.07, 6.45) is 1.05. The Kier molecular flexibility index (Phi) is 7.94. The first-order valence-corrected chi connectivity index (χ1v) is 14.3. The molecule has 0 aliphatic carbocycles. The smallest absolute Gasteiger partial charge is 0.258 e. The topological polar surface area (TPSA) is 78.0 Å². The van der Waals surface area contributed by atoms with Crippen LogP contribution >= 0.6 is 22.6 Å². The summed E-state index contributed by atoms with van der Waals surface area (Å²) in [6, 6.07) is 19.9. The highest BCUT2D eigenvalue weighted by Crippen LogP contribution is 2.27. The van der Waals surface area contributed by atoms with Crippen LogP contribution < -0.4 is 9.80 Å². The molecule has 4 rings (SSSR count). The molecule has 0 bridgehead atoms. The van der Waals surface area contributed by atoms with Gasteiger partial charge in [-0.05, 0) is 77.2 Å². The lowest BCUT2D eigenvalue weighted by atomic mass is 10.1. The number of piperazine rings is 1. The first-order valence-electron chi connectivity index (χ1n) is 11.3. The summed E-state index contributed by atoms with van der Waals surface area (Å²) in [4.78, 5) is 31.5. The molecule has 7 nitrogen and oxygen atoms in total. The van der Waals surface area contributed by atoms with E-state index in [2.05, 4.69) is 22.6 Å². The molecule has 0 radical (unpaired) electrons. The summed E-state index contributed by atoms with van der Waals surface area (Å²) in [7, 11) is -3.63. The lowest BCUT2D eigenvalue weighted by Crippen LogP contribution is -2.52. The van der Waals surface area contributed by atoms with Gasteiger partial charge >= 0.3 is 0 Å². The Hall–Kier alpha value is -2.99. The van der Waals surface area contributed by atoms with Gasteiger partial charge in [0.25, 0.3) is 5.91 Å². The van der Waals surface area contributed by atoms with Crippen molar-refractivity contribution in [2.75, 3.05) is 48.8 Å². The molecule has 1 aliphatic heterocycles. The van der Waals surface area contributed by atoms with Gasteiger partial charge in [-0.2, -0.15) is 0 Å². The number of para-hydroxylation sites is 1. The van der Waals surface area contributed by atoms with Crippen LogP contribution in [0.4, 0.5) is 15.8 Å². The third-order valence-corrected chi connectivity index (χ3v) is 7.84. The molecule has 0 N–H and O–H groups in total. The minimum Gasteiger partial charge on any atom is -0.367 e. The highest BCUT2D eigenvalue weighted by molar-refractivity contribution is 14.1. The van der Waals surface area contributed by atoms with Crippen molar-refractivity contribution in [1.82, 2.24) is 4.90 Å². The maximum atomic E-state index is 13.7. The van der Waals surface area contributed by atoms with Crippen LogP contribution in [0.3, 0.4) is 0 Å². The van der Waals surface area contributed by atoms with Crippen LogP contribution in [-0.2, 0) is 14.6 Å². The number of hydrogen-bond donors (Lipinski definition) is 0. The number of hydrogen-bond acceptors (Lipinski definition) is 5.